The molecule has 0 aromatic heterocycles. The van der Waals surface area contributed by atoms with Crippen LogP contribution in [0, 0.1) is 5.92 Å². The predicted octanol–water partition coefficient (Wildman–Crippen LogP) is 3.38. The third-order valence-corrected chi connectivity index (χ3v) is 3.52. The van der Waals surface area contributed by atoms with Crippen molar-refractivity contribution in [3.8, 4) is 0 Å². The van der Waals surface area contributed by atoms with Crippen molar-refractivity contribution < 1.29 is 5.11 Å². The molecule has 0 saturated heterocycles. The van der Waals surface area contributed by atoms with Crippen molar-refractivity contribution in [1.82, 2.24) is 5.32 Å². The highest BCUT2D eigenvalue weighted by atomic mass is 79.9. The highest BCUT2D eigenvalue weighted by Crippen LogP contribution is 2.26. The molecular weight excluding hydrogens is 289 g/mol. The van der Waals surface area contributed by atoms with E-state index in [4.69, 9.17) is 11.6 Å². The summed E-state index contributed by atoms with van der Waals surface area (Å²) in [5.41, 5.74) is 1.04. The van der Waals surface area contributed by atoms with E-state index >= 15 is 0 Å². The van der Waals surface area contributed by atoms with Crippen LogP contribution in [0.3, 0.4) is 0 Å². The van der Waals surface area contributed by atoms with Crippen LogP contribution in [0.15, 0.2) is 22.7 Å². The third kappa shape index (κ3) is 4.06. The molecule has 0 heterocycles. The minimum Gasteiger partial charge on any atom is -0.394 e. The number of hydrogen-bond acceptors (Lipinski definition) is 2. The Labute approximate surface area is 110 Å². The quantitative estimate of drug-likeness (QED) is 0.874. The molecule has 1 aromatic rings. The van der Waals surface area contributed by atoms with Gasteiger partial charge in [0.25, 0.3) is 0 Å². The van der Waals surface area contributed by atoms with Crippen LogP contribution in [0.4, 0.5) is 0 Å². The molecule has 90 valence electrons. The molecule has 1 atom stereocenters. The van der Waals surface area contributed by atoms with Crippen LogP contribution in [0.1, 0.15) is 25.5 Å². The fourth-order valence-corrected chi connectivity index (χ4v) is 1.91. The molecule has 2 nitrogen and oxygen atoms in total. The summed E-state index contributed by atoms with van der Waals surface area (Å²) in [6, 6.07) is 5.68. The van der Waals surface area contributed by atoms with E-state index in [-0.39, 0.29) is 12.6 Å². The zero-order chi connectivity index (χ0) is 12.1. The van der Waals surface area contributed by atoms with E-state index in [2.05, 4.69) is 35.1 Å². The predicted molar refractivity (Wildman–Crippen MR) is 71.8 cm³/mol. The van der Waals surface area contributed by atoms with Gasteiger partial charge in [-0.05, 0) is 46.1 Å². The lowest BCUT2D eigenvalue weighted by Gasteiger charge is -2.18. The molecule has 0 aliphatic rings. The Morgan fingerprint density at radius 3 is 2.62 bits per heavy atom. The first-order chi connectivity index (χ1) is 7.54. The van der Waals surface area contributed by atoms with E-state index < -0.39 is 0 Å². The van der Waals surface area contributed by atoms with E-state index in [9.17, 15) is 5.11 Å². The number of hydrogen-bond donors (Lipinski definition) is 2. The van der Waals surface area contributed by atoms with E-state index in [0.717, 1.165) is 16.6 Å². The van der Waals surface area contributed by atoms with Gasteiger partial charge in [0, 0.05) is 4.47 Å². The molecule has 0 fully saturated rings. The van der Waals surface area contributed by atoms with Gasteiger partial charge in [-0.2, -0.15) is 0 Å². The van der Waals surface area contributed by atoms with Crippen molar-refractivity contribution in [3.63, 3.8) is 0 Å². The van der Waals surface area contributed by atoms with Crippen LogP contribution in [-0.2, 0) is 0 Å². The van der Waals surface area contributed by atoms with Gasteiger partial charge in [-0.1, -0.05) is 31.5 Å². The number of aliphatic hydroxyl groups is 1. The first kappa shape index (κ1) is 14.0. The Kier molecular flexibility index (Phi) is 5.76. The Hall–Kier alpha value is -0.0900. The monoisotopic (exact) mass is 305 g/mol. The van der Waals surface area contributed by atoms with Gasteiger partial charge in [0.2, 0.25) is 0 Å². The van der Waals surface area contributed by atoms with E-state index in [0.29, 0.717) is 10.9 Å². The number of halogens is 2. The number of nitrogens with one attached hydrogen (secondary N) is 1. The number of benzene rings is 1. The van der Waals surface area contributed by atoms with Crippen LogP contribution in [0.5, 0.6) is 0 Å². The Morgan fingerprint density at radius 2 is 2.12 bits per heavy atom. The fourth-order valence-electron chi connectivity index (χ4n) is 1.39. The summed E-state index contributed by atoms with van der Waals surface area (Å²) in [4.78, 5) is 0. The summed E-state index contributed by atoms with van der Waals surface area (Å²) in [5, 5.41) is 13.3. The number of rotatable bonds is 5. The lowest BCUT2D eigenvalue weighted by atomic mass is 10.1. The van der Waals surface area contributed by atoms with Crippen molar-refractivity contribution in [2.24, 2.45) is 5.92 Å². The molecule has 0 spiro atoms. The maximum atomic E-state index is 9.34. The van der Waals surface area contributed by atoms with Crippen LogP contribution in [-0.4, -0.2) is 18.3 Å². The summed E-state index contributed by atoms with van der Waals surface area (Å²) in [6.07, 6.45) is 0. The molecular formula is C12H17BrClNO. The van der Waals surface area contributed by atoms with Gasteiger partial charge >= 0.3 is 0 Å². The molecule has 1 rings (SSSR count). The zero-order valence-corrected chi connectivity index (χ0v) is 11.8. The lowest BCUT2D eigenvalue weighted by molar-refractivity contribution is 0.241. The van der Waals surface area contributed by atoms with Gasteiger partial charge in [-0.15, -0.1) is 0 Å². The molecule has 1 unspecified atom stereocenters. The average Bonchev–Trinajstić information content (AvgIpc) is 2.23. The van der Waals surface area contributed by atoms with Gasteiger partial charge in [-0.3, -0.25) is 0 Å². The van der Waals surface area contributed by atoms with Crippen LogP contribution in [0.25, 0.3) is 0 Å². The normalized spacial score (nSPS) is 13.1. The molecule has 0 saturated carbocycles. The first-order valence-corrected chi connectivity index (χ1v) is 6.51. The molecule has 1 aromatic carbocycles. The summed E-state index contributed by atoms with van der Waals surface area (Å²) < 4.78 is 0.858. The van der Waals surface area contributed by atoms with E-state index in [1.54, 1.807) is 0 Å². The number of aliphatic hydroxyl groups excluding tert-OH is 1. The van der Waals surface area contributed by atoms with Crippen molar-refractivity contribution in [2.45, 2.75) is 19.9 Å². The fraction of sp³-hybridized carbons (Fsp3) is 0.500. The summed E-state index contributed by atoms with van der Waals surface area (Å²) in [5.74, 6) is 0.560. The first-order valence-electron chi connectivity index (χ1n) is 5.33. The highest BCUT2D eigenvalue weighted by Gasteiger charge is 2.11. The molecule has 0 aliphatic heterocycles. The Balaban J connectivity index is 2.74. The molecule has 0 amide bonds. The molecule has 2 N–H and O–H groups in total. The van der Waals surface area contributed by atoms with Crippen LogP contribution >= 0.6 is 27.5 Å². The molecule has 0 aliphatic carbocycles. The highest BCUT2D eigenvalue weighted by molar-refractivity contribution is 9.10. The van der Waals surface area contributed by atoms with Gasteiger partial charge in [-0.25, -0.2) is 0 Å². The van der Waals surface area contributed by atoms with Crippen molar-refractivity contribution >= 4 is 27.5 Å². The second-order valence-corrected chi connectivity index (χ2v) is 5.47. The molecule has 4 heteroatoms. The second-order valence-electron chi connectivity index (χ2n) is 4.21. The minimum atomic E-state index is -0.0315. The van der Waals surface area contributed by atoms with Gasteiger partial charge in [0.1, 0.15) is 0 Å². The maximum Gasteiger partial charge on any atom is 0.0626 e. The maximum absolute atomic E-state index is 9.34. The third-order valence-electron chi connectivity index (χ3n) is 2.30. The second kappa shape index (κ2) is 6.60. The van der Waals surface area contributed by atoms with Gasteiger partial charge in [0.15, 0.2) is 0 Å². The largest absolute Gasteiger partial charge is 0.394 e. The van der Waals surface area contributed by atoms with Crippen molar-refractivity contribution in [1.29, 1.82) is 0 Å². The van der Waals surface area contributed by atoms with E-state index in [1.165, 1.54) is 0 Å². The van der Waals surface area contributed by atoms with E-state index in [1.807, 2.05) is 18.2 Å². The zero-order valence-electron chi connectivity index (χ0n) is 9.50. The summed E-state index contributed by atoms with van der Waals surface area (Å²) in [7, 11) is 0. The molecule has 16 heavy (non-hydrogen) atoms. The summed E-state index contributed by atoms with van der Waals surface area (Å²) >= 11 is 9.31. The molecule has 0 radical (unpaired) electrons. The van der Waals surface area contributed by atoms with Crippen molar-refractivity contribution in [2.75, 3.05) is 13.2 Å². The summed E-state index contributed by atoms with van der Waals surface area (Å²) in [6.45, 7) is 5.24. The lowest BCUT2D eigenvalue weighted by Crippen LogP contribution is -2.27. The Bertz CT molecular complexity index is 344. The van der Waals surface area contributed by atoms with Crippen LogP contribution in [0.2, 0.25) is 5.02 Å². The topological polar surface area (TPSA) is 32.3 Å². The standard InChI is InChI=1S/C12H17BrClNO/c1-8(2)6-15-12(7-16)9-3-4-11(14)10(13)5-9/h3-5,8,12,15-16H,6-7H2,1-2H3. The minimum absolute atomic E-state index is 0.0315. The Morgan fingerprint density at radius 1 is 1.44 bits per heavy atom. The van der Waals surface area contributed by atoms with Gasteiger partial charge < -0.3 is 10.4 Å². The average molecular weight is 307 g/mol. The van der Waals surface area contributed by atoms with Crippen molar-refractivity contribution in [3.05, 3.63) is 33.3 Å². The SMILES string of the molecule is CC(C)CNC(CO)c1ccc(Cl)c(Br)c1. The molecule has 0 bridgehead atoms. The van der Waals surface area contributed by atoms with Crippen LogP contribution < -0.4 is 5.32 Å². The van der Waals surface area contributed by atoms with Gasteiger partial charge in [0.05, 0.1) is 17.7 Å². The smallest absolute Gasteiger partial charge is 0.0626 e.